The fourth-order valence-electron chi connectivity index (χ4n) is 4.32. The summed E-state index contributed by atoms with van der Waals surface area (Å²) in [7, 11) is 0. The maximum Gasteiger partial charge on any atom is 0.302 e. The molecule has 2 aliphatic carbocycles. The molecule has 0 heterocycles. The molecule has 3 nitrogen and oxygen atoms in total. The molecule has 2 aliphatic rings. The molecule has 2 fully saturated rings. The minimum Gasteiger partial charge on any atom is -0.462 e. The van der Waals surface area contributed by atoms with Crippen molar-refractivity contribution >= 4 is 5.97 Å². The summed E-state index contributed by atoms with van der Waals surface area (Å²) in [6.07, 6.45) is 4.51. The van der Waals surface area contributed by atoms with E-state index in [1.54, 1.807) is 0 Å². The summed E-state index contributed by atoms with van der Waals surface area (Å²) in [5.74, 6) is 0.111. The third kappa shape index (κ3) is 2.41. The first-order chi connectivity index (χ1) is 9.19. The van der Waals surface area contributed by atoms with Crippen LogP contribution in [-0.2, 0) is 9.53 Å². The number of ether oxygens (including phenoxy) is 1. The smallest absolute Gasteiger partial charge is 0.302 e. The Labute approximate surface area is 122 Å². The molecular weight excluding hydrogens is 252 g/mol. The van der Waals surface area contributed by atoms with E-state index in [1.807, 2.05) is 13.8 Å². The predicted molar refractivity (Wildman–Crippen MR) is 79.2 cm³/mol. The van der Waals surface area contributed by atoms with Gasteiger partial charge >= 0.3 is 5.97 Å². The molecular formula is C17H28O3. The molecule has 114 valence electrons. The Bertz CT molecular complexity index is 416. The van der Waals surface area contributed by atoms with Crippen molar-refractivity contribution in [2.75, 3.05) is 0 Å². The molecule has 0 aromatic rings. The van der Waals surface area contributed by atoms with Gasteiger partial charge in [-0.1, -0.05) is 26.0 Å². The number of rotatable bonds is 2. The lowest BCUT2D eigenvalue weighted by Crippen LogP contribution is -2.61. The maximum atomic E-state index is 11.4. The van der Waals surface area contributed by atoms with Crippen molar-refractivity contribution in [3.63, 3.8) is 0 Å². The molecule has 20 heavy (non-hydrogen) atoms. The van der Waals surface area contributed by atoms with E-state index in [-0.39, 0.29) is 23.4 Å². The SMILES string of the molecule is C=C(C)[C@@H]1CC[C@]2(C)CC[C@@H](OC(C)=O)[C@H](C)[C@]2(O)C1. The van der Waals surface area contributed by atoms with Crippen LogP contribution in [0.1, 0.15) is 59.8 Å². The first-order valence-corrected chi connectivity index (χ1v) is 7.74. The van der Waals surface area contributed by atoms with E-state index in [0.29, 0.717) is 5.92 Å². The van der Waals surface area contributed by atoms with Crippen LogP contribution >= 0.6 is 0 Å². The first-order valence-electron chi connectivity index (χ1n) is 7.74. The number of hydrogen-bond acceptors (Lipinski definition) is 3. The van der Waals surface area contributed by atoms with Crippen LogP contribution < -0.4 is 0 Å². The predicted octanol–water partition coefficient (Wildman–Crippen LogP) is 3.46. The van der Waals surface area contributed by atoms with Crippen molar-refractivity contribution in [1.29, 1.82) is 0 Å². The van der Waals surface area contributed by atoms with Crippen molar-refractivity contribution in [3.05, 3.63) is 12.2 Å². The molecule has 2 saturated carbocycles. The minimum atomic E-state index is -0.757. The van der Waals surface area contributed by atoms with Crippen LogP contribution in [0.3, 0.4) is 0 Å². The van der Waals surface area contributed by atoms with Gasteiger partial charge in [0.2, 0.25) is 0 Å². The zero-order valence-corrected chi connectivity index (χ0v) is 13.2. The Morgan fingerprint density at radius 1 is 1.30 bits per heavy atom. The summed E-state index contributed by atoms with van der Waals surface area (Å²) in [5.41, 5.74) is 0.338. The second-order valence-corrected chi connectivity index (χ2v) is 7.25. The minimum absolute atomic E-state index is 0.0210. The highest BCUT2D eigenvalue weighted by Gasteiger charge is 2.58. The molecule has 0 amide bonds. The highest BCUT2D eigenvalue weighted by molar-refractivity contribution is 5.66. The molecule has 1 N–H and O–H groups in total. The fourth-order valence-corrected chi connectivity index (χ4v) is 4.32. The largest absolute Gasteiger partial charge is 0.462 e. The van der Waals surface area contributed by atoms with Crippen LogP contribution in [0, 0.1) is 17.3 Å². The van der Waals surface area contributed by atoms with E-state index in [9.17, 15) is 9.90 Å². The van der Waals surface area contributed by atoms with E-state index < -0.39 is 5.60 Å². The summed E-state index contributed by atoms with van der Waals surface area (Å²) >= 11 is 0. The maximum absolute atomic E-state index is 11.4. The van der Waals surface area contributed by atoms with Gasteiger partial charge in [0.1, 0.15) is 6.10 Å². The lowest BCUT2D eigenvalue weighted by Gasteiger charge is -2.58. The van der Waals surface area contributed by atoms with Crippen molar-refractivity contribution in [1.82, 2.24) is 0 Å². The topological polar surface area (TPSA) is 46.5 Å². The molecule has 3 heteroatoms. The number of hydrogen-bond donors (Lipinski definition) is 1. The fraction of sp³-hybridized carbons (Fsp3) is 0.824. The van der Waals surface area contributed by atoms with E-state index in [0.717, 1.165) is 37.7 Å². The van der Waals surface area contributed by atoms with Gasteiger partial charge in [-0.3, -0.25) is 4.79 Å². The lowest BCUT2D eigenvalue weighted by atomic mass is 9.51. The highest BCUT2D eigenvalue weighted by atomic mass is 16.5. The molecule has 0 aromatic heterocycles. The quantitative estimate of drug-likeness (QED) is 0.622. The van der Waals surface area contributed by atoms with Gasteiger partial charge in [0.05, 0.1) is 5.60 Å². The van der Waals surface area contributed by atoms with Gasteiger partial charge in [-0.25, -0.2) is 0 Å². The highest BCUT2D eigenvalue weighted by Crippen LogP contribution is 2.57. The Balaban J connectivity index is 2.25. The third-order valence-electron chi connectivity index (χ3n) is 5.95. The van der Waals surface area contributed by atoms with E-state index in [2.05, 4.69) is 13.5 Å². The molecule has 2 rings (SSSR count). The molecule has 0 aliphatic heterocycles. The first kappa shape index (κ1) is 15.6. The van der Waals surface area contributed by atoms with Crippen LogP contribution in [0.2, 0.25) is 0 Å². The van der Waals surface area contributed by atoms with Gasteiger partial charge in [0, 0.05) is 12.8 Å². The molecule has 0 unspecified atom stereocenters. The Hall–Kier alpha value is -0.830. The summed E-state index contributed by atoms with van der Waals surface area (Å²) in [5, 5.41) is 11.4. The van der Waals surface area contributed by atoms with Gasteiger partial charge in [-0.15, -0.1) is 0 Å². The summed E-state index contributed by atoms with van der Waals surface area (Å²) in [4.78, 5) is 11.3. The zero-order valence-electron chi connectivity index (χ0n) is 13.2. The average molecular weight is 280 g/mol. The standard InChI is InChI=1S/C17H28O3/c1-11(2)14-6-8-16(5)9-7-15(20-13(4)18)12(3)17(16,19)10-14/h12,14-15,19H,1,6-10H2,2-5H3/t12-,14+,15+,16+,17+/m0/s1. The number of carbonyl (C=O) groups is 1. The molecule has 5 atom stereocenters. The number of carbonyl (C=O) groups excluding carboxylic acids is 1. The Morgan fingerprint density at radius 3 is 2.45 bits per heavy atom. The van der Waals surface area contributed by atoms with Crippen molar-refractivity contribution in [2.24, 2.45) is 17.3 Å². The zero-order chi connectivity index (χ0) is 15.1. The normalized spacial score (nSPS) is 44.5. The van der Waals surface area contributed by atoms with Gasteiger partial charge < -0.3 is 9.84 Å². The molecule has 0 saturated heterocycles. The van der Waals surface area contributed by atoms with Crippen LogP contribution in [0.15, 0.2) is 12.2 Å². The van der Waals surface area contributed by atoms with Crippen LogP contribution in [0.4, 0.5) is 0 Å². The molecule has 0 aromatic carbocycles. The number of aliphatic hydroxyl groups is 1. The van der Waals surface area contributed by atoms with Crippen LogP contribution in [0.5, 0.6) is 0 Å². The summed E-state index contributed by atoms with van der Waals surface area (Å²) < 4.78 is 5.44. The van der Waals surface area contributed by atoms with Crippen molar-refractivity contribution in [2.45, 2.75) is 71.5 Å². The Kier molecular flexibility index (Phi) is 4.03. The summed E-state index contributed by atoms with van der Waals surface area (Å²) in [6.45, 7) is 11.8. The second-order valence-electron chi connectivity index (χ2n) is 7.25. The van der Waals surface area contributed by atoms with Crippen molar-refractivity contribution in [3.8, 4) is 0 Å². The third-order valence-corrected chi connectivity index (χ3v) is 5.95. The van der Waals surface area contributed by atoms with Crippen molar-refractivity contribution < 1.29 is 14.6 Å². The van der Waals surface area contributed by atoms with Gasteiger partial charge in [-0.2, -0.15) is 0 Å². The number of allylic oxidation sites excluding steroid dienone is 1. The molecule has 0 radical (unpaired) electrons. The van der Waals surface area contributed by atoms with E-state index in [4.69, 9.17) is 4.74 Å². The summed E-state index contributed by atoms with van der Waals surface area (Å²) in [6, 6.07) is 0. The van der Waals surface area contributed by atoms with Gasteiger partial charge in [0.15, 0.2) is 0 Å². The average Bonchev–Trinajstić information content (AvgIpc) is 2.35. The molecule has 0 bridgehead atoms. The number of esters is 1. The lowest BCUT2D eigenvalue weighted by molar-refractivity contribution is -0.212. The van der Waals surface area contributed by atoms with E-state index >= 15 is 0 Å². The van der Waals surface area contributed by atoms with Crippen LogP contribution in [-0.4, -0.2) is 22.8 Å². The second kappa shape index (κ2) is 5.18. The monoisotopic (exact) mass is 280 g/mol. The van der Waals surface area contributed by atoms with Crippen LogP contribution in [0.25, 0.3) is 0 Å². The molecule has 0 spiro atoms. The van der Waals surface area contributed by atoms with Gasteiger partial charge in [-0.05, 0) is 50.4 Å². The van der Waals surface area contributed by atoms with E-state index in [1.165, 1.54) is 6.92 Å². The number of fused-ring (bicyclic) bond motifs is 1. The van der Waals surface area contributed by atoms with Gasteiger partial charge in [0.25, 0.3) is 0 Å². The Morgan fingerprint density at radius 2 is 1.90 bits per heavy atom.